The molecule has 0 aliphatic rings. The Balaban J connectivity index is 0.000000437. The largest absolute Gasteiger partial charge is 0.478 e. The van der Waals surface area contributed by atoms with Gasteiger partial charge in [0.1, 0.15) is 6.10 Å². The highest BCUT2D eigenvalue weighted by Gasteiger charge is 2.13. The Bertz CT molecular complexity index is 409. The third-order valence-electron chi connectivity index (χ3n) is 1.63. The zero-order valence-corrected chi connectivity index (χ0v) is 9.12. The predicted molar refractivity (Wildman–Crippen MR) is 60.9 cm³/mol. The molecule has 1 rings (SSSR count). The highest BCUT2D eigenvalue weighted by Crippen LogP contribution is 2.07. The summed E-state index contributed by atoms with van der Waals surface area (Å²) in [6.07, 6.45) is 4.08. The van der Waals surface area contributed by atoms with Gasteiger partial charge in [0.15, 0.2) is 0 Å². The van der Waals surface area contributed by atoms with E-state index in [4.69, 9.17) is 15.3 Å². The van der Waals surface area contributed by atoms with E-state index in [2.05, 4.69) is 12.3 Å². The molecule has 5 heteroatoms. The number of aromatic carboxylic acids is 2. The summed E-state index contributed by atoms with van der Waals surface area (Å²) < 4.78 is 0. The fourth-order valence-electron chi connectivity index (χ4n) is 0.856. The highest BCUT2D eigenvalue weighted by atomic mass is 16.4. The van der Waals surface area contributed by atoms with Gasteiger partial charge >= 0.3 is 11.9 Å². The lowest BCUT2D eigenvalue weighted by atomic mass is 10.1. The normalized spacial score (nSPS) is 10.4. The first-order chi connectivity index (χ1) is 7.90. The Kier molecular flexibility index (Phi) is 6.08. The van der Waals surface area contributed by atoms with Crippen LogP contribution < -0.4 is 0 Å². The number of hydrogen-bond donors (Lipinski definition) is 3. The molecule has 0 aliphatic carbocycles. The number of rotatable bonds is 2. The molecule has 0 saturated carbocycles. The summed E-state index contributed by atoms with van der Waals surface area (Å²) in [4.78, 5) is 20.9. The van der Waals surface area contributed by atoms with Crippen molar-refractivity contribution in [2.45, 2.75) is 13.0 Å². The molecule has 0 spiro atoms. The van der Waals surface area contributed by atoms with Crippen molar-refractivity contribution >= 4 is 11.9 Å². The molecule has 0 amide bonds. The van der Waals surface area contributed by atoms with Crippen LogP contribution in [0.25, 0.3) is 0 Å². The molecular weight excluding hydrogens is 224 g/mol. The van der Waals surface area contributed by atoms with E-state index in [1.807, 2.05) is 0 Å². The molecule has 0 aromatic heterocycles. The molecule has 90 valence electrons. The van der Waals surface area contributed by atoms with Crippen LogP contribution in [0.3, 0.4) is 0 Å². The smallest absolute Gasteiger partial charge is 0.336 e. The summed E-state index contributed by atoms with van der Waals surface area (Å²) in [5.41, 5.74) is -0.380. The quantitative estimate of drug-likeness (QED) is 0.668. The van der Waals surface area contributed by atoms with Crippen LogP contribution in [0.5, 0.6) is 0 Å². The van der Waals surface area contributed by atoms with E-state index in [0.717, 1.165) is 0 Å². The fraction of sp³-hybridized carbons (Fsp3) is 0.167. The third kappa shape index (κ3) is 5.35. The maximum Gasteiger partial charge on any atom is 0.336 e. The Hall–Kier alpha value is -2.32. The summed E-state index contributed by atoms with van der Waals surface area (Å²) in [5, 5.41) is 25.2. The van der Waals surface area contributed by atoms with Crippen molar-refractivity contribution in [3.05, 3.63) is 35.4 Å². The summed E-state index contributed by atoms with van der Waals surface area (Å²) in [5.74, 6) is -0.374. The molecule has 0 radical (unpaired) electrons. The molecule has 0 fully saturated rings. The van der Waals surface area contributed by atoms with Gasteiger partial charge in [0.2, 0.25) is 0 Å². The predicted octanol–water partition coefficient (Wildman–Crippen LogP) is 1.08. The summed E-state index contributed by atoms with van der Waals surface area (Å²) in [6, 6.07) is 5.48. The number of carboxylic acids is 2. The van der Waals surface area contributed by atoms with Crippen molar-refractivity contribution < 1.29 is 24.9 Å². The molecule has 5 nitrogen and oxygen atoms in total. The van der Waals surface area contributed by atoms with Crippen LogP contribution in [-0.4, -0.2) is 33.4 Å². The van der Waals surface area contributed by atoms with Crippen molar-refractivity contribution in [2.24, 2.45) is 0 Å². The topological polar surface area (TPSA) is 94.8 Å². The van der Waals surface area contributed by atoms with Crippen LogP contribution in [-0.2, 0) is 0 Å². The number of aliphatic hydroxyl groups excluding tert-OH is 1. The molecule has 0 saturated heterocycles. The minimum absolute atomic E-state index is 0.190. The second kappa shape index (κ2) is 7.04. The summed E-state index contributed by atoms with van der Waals surface area (Å²) in [7, 11) is 0. The van der Waals surface area contributed by atoms with Gasteiger partial charge in [-0.15, -0.1) is 6.42 Å². The maximum atomic E-state index is 10.5. The highest BCUT2D eigenvalue weighted by molar-refractivity contribution is 6.01. The van der Waals surface area contributed by atoms with Crippen LogP contribution in [0, 0.1) is 12.3 Å². The Labute approximate surface area is 98.3 Å². The molecule has 1 aromatic rings. The SMILES string of the molecule is C#CC(C)O.O=C(O)c1ccccc1C(=O)O. The molecule has 0 bridgehead atoms. The number of carbonyl (C=O) groups is 2. The maximum absolute atomic E-state index is 10.5. The zero-order valence-electron chi connectivity index (χ0n) is 9.12. The van der Waals surface area contributed by atoms with Crippen molar-refractivity contribution in [3.8, 4) is 12.3 Å². The number of aliphatic hydroxyl groups is 1. The van der Waals surface area contributed by atoms with Crippen LogP contribution in [0.4, 0.5) is 0 Å². The number of benzene rings is 1. The van der Waals surface area contributed by atoms with E-state index in [0.29, 0.717) is 0 Å². The van der Waals surface area contributed by atoms with Crippen LogP contribution in [0.2, 0.25) is 0 Å². The zero-order chi connectivity index (χ0) is 13.4. The minimum atomic E-state index is -1.23. The molecule has 1 atom stereocenters. The number of hydrogen-bond acceptors (Lipinski definition) is 3. The minimum Gasteiger partial charge on any atom is -0.478 e. The monoisotopic (exact) mass is 236 g/mol. The van der Waals surface area contributed by atoms with Crippen molar-refractivity contribution in [3.63, 3.8) is 0 Å². The Morgan fingerprint density at radius 3 is 1.65 bits per heavy atom. The Morgan fingerprint density at radius 2 is 1.47 bits per heavy atom. The average molecular weight is 236 g/mol. The standard InChI is InChI=1S/C8H6O4.C4H6O/c9-7(10)5-3-1-2-4-6(5)8(11)12;1-3-4(2)5/h1-4H,(H,9,10)(H,11,12);1,4-5H,2H3. The van der Waals surface area contributed by atoms with Crippen LogP contribution in [0.1, 0.15) is 27.6 Å². The van der Waals surface area contributed by atoms with E-state index in [1.54, 1.807) is 6.92 Å². The van der Waals surface area contributed by atoms with E-state index >= 15 is 0 Å². The molecule has 1 aromatic carbocycles. The van der Waals surface area contributed by atoms with Crippen LogP contribution >= 0.6 is 0 Å². The summed E-state index contributed by atoms with van der Waals surface area (Å²) >= 11 is 0. The lowest BCUT2D eigenvalue weighted by Crippen LogP contribution is -2.06. The van der Waals surface area contributed by atoms with E-state index < -0.39 is 18.0 Å². The lowest BCUT2D eigenvalue weighted by molar-refractivity contribution is 0.0651. The van der Waals surface area contributed by atoms with Gasteiger partial charge in [-0.1, -0.05) is 18.1 Å². The molecule has 0 aliphatic heterocycles. The molecular formula is C12H12O5. The van der Waals surface area contributed by atoms with E-state index in [-0.39, 0.29) is 11.1 Å². The lowest BCUT2D eigenvalue weighted by Gasteiger charge is -1.98. The van der Waals surface area contributed by atoms with Gasteiger partial charge in [-0.3, -0.25) is 0 Å². The van der Waals surface area contributed by atoms with Gasteiger partial charge in [0.05, 0.1) is 11.1 Å². The van der Waals surface area contributed by atoms with Gasteiger partial charge < -0.3 is 15.3 Å². The van der Waals surface area contributed by atoms with E-state index in [9.17, 15) is 9.59 Å². The van der Waals surface area contributed by atoms with Crippen molar-refractivity contribution in [1.29, 1.82) is 0 Å². The van der Waals surface area contributed by atoms with Gasteiger partial charge in [0.25, 0.3) is 0 Å². The first-order valence-corrected chi connectivity index (χ1v) is 4.60. The third-order valence-corrected chi connectivity index (χ3v) is 1.63. The molecule has 1 unspecified atom stereocenters. The first kappa shape index (κ1) is 14.7. The van der Waals surface area contributed by atoms with Crippen LogP contribution in [0.15, 0.2) is 24.3 Å². The molecule has 17 heavy (non-hydrogen) atoms. The van der Waals surface area contributed by atoms with Gasteiger partial charge in [-0.2, -0.15) is 0 Å². The summed E-state index contributed by atoms with van der Waals surface area (Å²) in [6.45, 7) is 1.54. The van der Waals surface area contributed by atoms with Gasteiger partial charge in [0, 0.05) is 0 Å². The van der Waals surface area contributed by atoms with Crippen molar-refractivity contribution in [1.82, 2.24) is 0 Å². The Morgan fingerprint density at radius 1 is 1.18 bits per heavy atom. The average Bonchev–Trinajstić information content (AvgIpc) is 2.29. The van der Waals surface area contributed by atoms with E-state index in [1.165, 1.54) is 24.3 Å². The molecule has 3 N–H and O–H groups in total. The van der Waals surface area contributed by atoms with Gasteiger partial charge in [-0.05, 0) is 19.1 Å². The second-order valence-corrected chi connectivity index (χ2v) is 3.00. The molecule has 0 heterocycles. The fourth-order valence-corrected chi connectivity index (χ4v) is 0.856. The first-order valence-electron chi connectivity index (χ1n) is 4.60. The number of terminal acetylenes is 1. The second-order valence-electron chi connectivity index (χ2n) is 3.00. The van der Waals surface area contributed by atoms with Gasteiger partial charge in [-0.25, -0.2) is 9.59 Å². The number of carboxylic acid groups (broad SMARTS) is 2. The van der Waals surface area contributed by atoms with Crippen molar-refractivity contribution in [2.75, 3.05) is 0 Å².